The summed E-state index contributed by atoms with van der Waals surface area (Å²) in [5.41, 5.74) is 1.04. The highest BCUT2D eigenvalue weighted by Crippen LogP contribution is 2.07. The lowest BCUT2D eigenvalue weighted by atomic mass is 10.3. The highest BCUT2D eigenvalue weighted by atomic mass is 35.5. The van der Waals surface area contributed by atoms with Crippen LogP contribution in [0.3, 0.4) is 0 Å². The average Bonchev–Trinajstić information content (AvgIpc) is 2.71. The van der Waals surface area contributed by atoms with Crippen LogP contribution in [0.2, 0.25) is 0 Å². The van der Waals surface area contributed by atoms with Crippen molar-refractivity contribution in [3.8, 4) is 5.82 Å². The minimum Gasteiger partial charge on any atom is -0.309 e. The second kappa shape index (κ2) is 3.62. The Bertz CT molecular complexity index is 364. The first-order chi connectivity index (χ1) is 6.40. The predicted molar refractivity (Wildman–Crippen MR) is 53.1 cm³/mol. The fourth-order valence-electron chi connectivity index (χ4n) is 1.14. The smallest absolute Gasteiger partial charge is 0.136 e. The molecule has 0 bridgehead atoms. The summed E-state index contributed by atoms with van der Waals surface area (Å²) in [6.45, 7) is 0. The molecule has 3 heteroatoms. The molecule has 0 spiro atoms. The van der Waals surface area contributed by atoms with Crippen molar-refractivity contribution in [1.29, 1.82) is 0 Å². The zero-order valence-corrected chi connectivity index (χ0v) is 7.78. The van der Waals surface area contributed by atoms with Gasteiger partial charge < -0.3 is 4.57 Å². The second-order valence-corrected chi connectivity index (χ2v) is 3.02. The summed E-state index contributed by atoms with van der Waals surface area (Å²) < 4.78 is 1.96. The first-order valence-corrected chi connectivity index (χ1v) is 4.58. The number of halogens is 1. The molecular formula is C10H9ClN2. The summed E-state index contributed by atoms with van der Waals surface area (Å²) in [6, 6.07) is 7.88. The highest BCUT2D eigenvalue weighted by molar-refractivity contribution is 6.17. The number of rotatable bonds is 2. The Morgan fingerprint density at radius 3 is 2.54 bits per heavy atom. The molecule has 0 atom stereocenters. The molecular weight excluding hydrogens is 184 g/mol. The third kappa shape index (κ3) is 1.73. The van der Waals surface area contributed by atoms with E-state index in [0.29, 0.717) is 5.88 Å². The van der Waals surface area contributed by atoms with Gasteiger partial charge in [0.1, 0.15) is 5.82 Å². The van der Waals surface area contributed by atoms with Gasteiger partial charge in [-0.1, -0.05) is 6.07 Å². The van der Waals surface area contributed by atoms with Crippen LogP contribution in [0.25, 0.3) is 5.82 Å². The number of alkyl halides is 1. The van der Waals surface area contributed by atoms with Gasteiger partial charge in [0.15, 0.2) is 0 Å². The molecule has 13 heavy (non-hydrogen) atoms. The van der Waals surface area contributed by atoms with E-state index in [1.165, 1.54) is 0 Å². The molecule has 0 unspecified atom stereocenters. The van der Waals surface area contributed by atoms with Gasteiger partial charge in [-0.3, -0.25) is 0 Å². The largest absolute Gasteiger partial charge is 0.309 e. The lowest BCUT2D eigenvalue weighted by molar-refractivity contribution is 1.00. The van der Waals surface area contributed by atoms with Crippen molar-refractivity contribution >= 4 is 11.6 Å². The van der Waals surface area contributed by atoms with Crippen LogP contribution in [-0.2, 0) is 5.88 Å². The number of hydrogen-bond donors (Lipinski definition) is 0. The van der Waals surface area contributed by atoms with Gasteiger partial charge in [0.05, 0.1) is 0 Å². The Hall–Kier alpha value is -1.28. The lowest BCUT2D eigenvalue weighted by Gasteiger charge is -2.01. The molecule has 0 amide bonds. The number of nitrogens with zero attached hydrogens (tertiary/aromatic N) is 2. The van der Waals surface area contributed by atoms with Crippen molar-refractivity contribution < 1.29 is 0 Å². The molecule has 0 saturated carbocycles. The maximum absolute atomic E-state index is 5.66. The Kier molecular flexibility index (Phi) is 2.32. The summed E-state index contributed by atoms with van der Waals surface area (Å²) in [6.07, 6.45) is 5.72. The summed E-state index contributed by atoms with van der Waals surface area (Å²) in [7, 11) is 0. The molecule has 0 aliphatic carbocycles. The minimum atomic E-state index is 0.513. The zero-order valence-electron chi connectivity index (χ0n) is 7.02. The van der Waals surface area contributed by atoms with Crippen LogP contribution in [0.5, 0.6) is 0 Å². The summed E-state index contributed by atoms with van der Waals surface area (Å²) in [5.74, 6) is 1.43. The van der Waals surface area contributed by atoms with Gasteiger partial charge in [-0.25, -0.2) is 4.98 Å². The summed E-state index contributed by atoms with van der Waals surface area (Å²) in [5, 5.41) is 0. The van der Waals surface area contributed by atoms with Crippen molar-refractivity contribution in [2.75, 3.05) is 0 Å². The minimum absolute atomic E-state index is 0.513. The van der Waals surface area contributed by atoms with Crippen molar-refractivity contribution in [3.05, 3.63) is 48.4 Å². The van der Waals surface area contributed by atoms with Crippen LogP contribution in [0, 0.1) is 0 Å². The molecule has 66 valence electrons. The van der Waals surface area contributed by atoms with Gasteiger partial charge in [-0.2, -0.15) is 0 Å². The van der Waals surface area contributed by atoms with Crippen LogP contribution in [0.4, 0.5) is 0 Å². The standard InChI is InChI=1S/C10H9ClN2/c11-7-9-3-4-10(12-8-9)13-5-1-2-6-13/h1-6,8H,7H2. The van der Waals surface area contributed by atoms with Crippen LogP contribution in [-0.4, -0.2) is 9.55 Å². The van der Waals surface area contributed by atoms with Gasteiger partial charge in [-0.15, -0.1) is 11.6 Å². The summed E-state index contributed by atoms with van der Waals surface area (Å²) >= 11 is 5.66. The number of aromatic nitrogens is 2. The maximum Gasteiger partial charge on any atom is 0.136 e. The van der Waals surface area contributed by atoms with Gasteiger partial charge in [-0.05, 0) is 23.8 Å². The molecule has 0 aliphatic rings. The first kappa shape index (κ1) is 8.32. The third-order valence-electron chi connectivity index (χ3n) is 1.83. The topological polar surface area (TPSA) is 17.8 Å². The Labute approximate surface area is 81.8 Å². The predicted octanol–water partition coefficient (Wildman–Crippen LogP) is 2.61. The fourth-order valence-corrected chi connectivity index (χ4v) is 1.29. The van der Waals surface area contributed by atoms with Crippen molar-refractivity contribution in [3.63, 3.8) is 0 Å². The Morgan fingerprint density at radius 2 is 2.00 bits per heavy atom. The highest BCUT2D eigenvalue weighted by Gasteiger charge is 1.95. The lowest BCUT2D eigenvalue weighted by Crippen LogP contribution is -1.93. The molecule has 2 nitrogen and oxygen atoms in total. The van der Waals surface area contributed by atoms with E-state index in [-0.39, 0.29) is 0 Å². The molecule has 2 aromatic heterocycles. The van der Waals surface area contributed by atoms with Crippen LogP contribution in [0.15, 0.2) is 42.9 Å². The normalized spacial score (nSPS) is 10.2. The van der Waals surface area contributed by atoms with Gasteiger partial charge in [0.2, 0.25) is 0 Å². The van der Waals surface area contributed by atoms with Gasteiger partial charge >= 0.3 is 0 Å². The molecule has 0 saturated heterocycles. The van der Waals surface area contributed by atoms with E-state index >= 15 is 0 Å². The Morgan fingerprint density at radius 1 is 1.23 bits per heavy atom. The van der Waals surface area contributed by atoms with Crippen LogP contribution >= 0.6 is 11.6 Å². The van der Waals surface area contributed by atoms with E-state index in [9.17, 15) is 0 Å². The number of pyridine rings is 1. The SMILES string of the molecule is ClCc1ccc(-n2cccc2)nc1. The molecule has 2 heterocycles. The van der Waals surface area contributed by atoms with E-state index in [1.54, 1.807) is 6.20 Å². The molecule has 0 fully saturated rings. The quantitative estimate of drug-likeness (QED) is 0.669. The Balaban J connectivity index is 2.33. The average molecular weight is 193 g/mol. The van der Waals surface area contributed by atoms with Crippen molar-refractivity contribution in [2.24, 2.45) is 0 Å². The third-order valence-corrected chi connectivity index (χ3v) is 2.14. The monoisotopic (exact) mass is 192 g/mol. The van der Waals surface area contributed by atoms with Crippen LogP contribution < -0.4 is 0 Å². The number of hydrogen-bond acceptors (Lipinski definition) is 1. The van der Waals surface area contributed by atoms with E-state index in [0.717, 1.165) is 11.4 Å². The molecule has 0 aromatic carbocycles. The van der Waals surface area contributed by atoms with E-state index in [1.807, 2.05) is 41.2 Å². The fraction of sp³-hybridized carbons (Fsp3) is 0.100. The van der Waals surface area contributed by atoms with E-state index in [2.05, 4.69) is 4.98 Å². The van der Waals surface area contributed by atoms with E-state index < -0.39 is 0 Å². The van der Waals surface area contributed by atoms with Gasteiger partial charge in [0, 0.05) is 24.5 Å². The zero-order chi connectivity index (χ0) is 9.10. The van der Waals surface area contributed by atoms with Gasteiger partial charge in [0.25, 0.3) is 0 Å². The maximum atomic E-state index is 5.66. The molecule has 2 rings (SSSR count). The molecule has 0 radical (unpaired) electrons. The van der Waals surface area contributed by atoms with Crippen LogP contribution in [0.1, 0.15) is 5.56 Å². The molecule has 2 aromatic rings. The first-order valence-electron chi connectivity index (χ1n) is 4.04. The van der Waals surface area contributed by atoms with Crippen molar-refractivity contribution in [1.82, 2.24) is 9.55 Å². The molecule has 0 aliphatic heterocycles. The molecule has 0 N–H and O–H groups in total. The summed E-state index contributed by atoms with van der Waals surface area (Å²) in [4.78, 5) is 4.27. The van der Waals surface area contributed by atoms with E-state index in [4.69, 9.17) is 11.6 Å². The second-order valence-electron chi connectivity index (χ2n) is 2.75. The van der Waals surface area contributed by atoms with Crippen molar-refractivity contribution in [2.45, 2.75) is 5.88 Å².